The maximum atomic E-state index is 10.4. The van der Waals surface area contributed by atoms with Gasteiger partial charge in [0.1, 0.15) is 11.1 Å². The number of ether oxygens (including phenoxy) is 2. The van der Waals surface area contributed by atoms with Crippen molar-refractivity contribution < 1.29 is 29.2 Å². The molecule has 126 valence electrons. The van der Waals surface area contributed by atoms with Crippen molar-refractivity contribution in [2.24, 2.45) is 0 Å². The van der Waals surface area contributed by atoms with Crippen LogP contribution < -0.4 is 13.9 Å². The van der Waals surface area contributed by atoms with Crippen LogP contribution in [-0.2, 0) is 0 Å². The Balaban J connectivity index is 2.20. The van der Waals surface area contributed by atoms with Crippen LogP contribution in [0.4, 0.5) is 0 Å². The summed E-state index contributed by atoms with van der Waals surface area (Å²) >= 11 is 0. The van der Waals surface area contributed by atoms with Gasteiger partial charge in [0.05, 0.1) is 19.6 Å². The van der Waals surface area contributed by atoms with E-state index in [1.54, 1.807) is 28.9 Å². The van der Waals surface area contributed by atoms with Gasteiger partial charge in [-0.05, 0) is 17.5 Å². The molecule has 2 heterocycles. The summed E-state index contributed by atoms with van der Waals surface area (Å²) in [4.78, 5) is 0. The number of phenols is 3. The maximum Gasteiger partial charge on any atom is 0.223 e. The molecule has 0 unspecified atom stereocenters. The molecule has 3 N–H and O–H groups in total. The summed E-state index contributed by atoms with van der Waals surface area (Å²) in [6.45, 7) is 0. The van der Waals surface area contributed by atoms with E-state index >= 15 is 0 Å². The summed E-state index contributed by atoms with van der Waals surface area (Å²) < 4.78 is 12.2. The number of fused-ring (bicyclic) bond motifs is 4. The van der Waals surface area contributed by atoms with E-state index in [-0.39, 0.29) is 17.2 Å². The monoisotopic (exact) mass is 338 g/mol. The van der Waals surface area contributed by atoms with E-state index in [9.17, 15) is 15.3 Å². The Kier molecular flexibility index (Phi) is 3.21. The highest BCUT2D eigenvalue weighted by Gasteiger charge is 2.20. The van der Waals surface area contributed by atoms with Crippen LogP contribution in [-0.4, -0.2) is 29.5 Å². The van der Waals surface area contributed by atoms with Crippen LogP contribution in [0.15, 0.2) is 42.7 Å². The number of phenolic OH excluding ortho intramolecular Hbond substituents is 3. The molecule has 2 aromatic heterocycles. The number of aromatic nitrogens is 1. The number of hydrogen-bond acceptors (Lipinski definition) is 5. The third-order valence-electron chi connectivity index (χ3n) is 4.43. The first kappa shape index (κ1) is 15.1. The molecule has 0 aliphatic carbocycles. The Bertz CT molecular complexity index is 1150. The Morgan fingerprint density at radius 3 is 2.32 bits per heavy atom. The lowest BCUT2D eigenvalue weighted by molar-refractivity contribution is -0.509. The zero-order valence-electron chi connectivity index (χ0n) is 13.6. The van der Waals surface area contributed by atoms with Crippen molar-refractivity contribution >= 4 is 27.1 Å². The molecule has 0 bridgehead atoms. The van der Waals surface area contributed by atoms with E-state index < -0.39 is 0 Å². The lowest BCUT2D eigenvalue weighted by atomic mass is 10.0. The molecule has 6 heteroatoms. The van der Waals surface area contributed by atoms with E-state index in [0.717, 1.165) is 5.39 Å². The first-order chi connectivity index (χ1) is 12.0. The predicted molar refractivity (Wildman–Crippen MR) is 92.7 cm³/mol. The highest BCUT2D eigenvalue weighted by molar-refractivity contribution is 6.05. The summed E-state index contributed by atoms with van der Waals surface area (Å²) in [6, 6.07) is 8.49. The fourth-order valence-corrected chi connectivity index (χ4v) is 3.18. The Labute approximate surface area is 142 Å². The molecule has 6 nitrogen and oxygen atoms in total. The normalized spacial score (nSPS) is 11.3. The van der Waals surface area contributed by atoms with Gasteiger partial charge in [-0.3, -0.25) is 0 Å². The van der Waals surface area contributed by atoms with Crippen LogP contribution >= 0.6 is 0 Å². The van der Waals surface area contributed by atoms with E-state index in [0.29, 0.717) is 33.2 Å². The van der Waals surface area contributed by atoms with Gasteiger partial charge in [0.2, 0.25) is 5.52 Å². The Morgan fingerprint density at radius 2 is 1.60 bits per heavy atom. The van der Waals surface area contributed by atoms with Crippen molar-refractivity contribution in [3.63, 3.8) is 0 Å². The highest BCUT2D eigenvalue weighted by Crippen LogP contribution is 2.42. The van der Waals surface area contributed by atoms with Crippen molar-refractivity contribution in [2.75, 3.05) is 14.2 Å². The number of aromatic hydroxyl groups is 3. The van der Waals surface area contributed by atoms with Gasteiger partial charge in [-0.1, -0.05) is 0 Å². The topological polar surface area (TPSA) is 83.2 Å². The third-order valence-corrected chi connectivity index (χ3v) is 4.43. The van der Waals surface area contributed by atoms with Crippen molar-refractivity contribution in [3.05, 3.63) is 42.7 Å². The van der Waals surface area contributed by atoms with Gasteiger partial charge >= 0.3 is 0 Å². The molecule has 0 saturated carbocycles. The molecular formula is C19H16NO5+. The molecule has 0 aliphatic rings. The second-order valence-electron chi connectivity index (χ2n) is 5.74. The maximum absolute atomic E-state index is 10.4. The van der Waals surface area contributed by atoms with Crippen LogP contribution in [0.2, 0.25) is 0 Å². The molecule has 0 spiro atoms. The number of rotatable bonds is 2. The summed E-state index contributed by atoms with van der Waals surface area (Å²) in [5, 5.41) is 33.3. The number of benzene rings is 2. The number of nitrogens with zero attached hydrogens (tertiary/aromatic N) is 1. The van der Waals surface area contributed by atoms with Crippen LogP contribution in [0, 0.1) is 0 Å². The van der Waals surface area contributed by atoms with E-state index in [1.807, 2.05) is 12.1 Å². The van der Waals surface area contributed by atoms with Gasteiger partial charge in [-0.25, -0.2) is 0 Å². The third kappa shape index (κ3) is 2.07. The first-order valence-corrected chi connectivity index (χ1v) is 7.61. The molecule has 4 rings (SSSR count). The lowest BCUT2D eigenvalue weighted by Gasteiger charge is -2.10. The minimum Gasteiger partial charge on any atom is -0.504 e. The van der Waals surface area contributed by atoms with E-state index in [1.165, 1.54) is 20.3 Å². The quantitative estimate of drug-likeness (QED) is 0.227. The number of hydrogen-bond donors (Lipinski definition) is 3. The summed E-state index contributed by atoms with van der Waals surface area (Å²) in [5.41, 5.74) is 0.668. The fraction of sp³-hybridized carbons (Fsp3) is 0.105. The standard InChI is InChI=1S/C19H15NO5/c1-24-15-4-3-10-7-13-17-11(16(25-2)8-14(21)19(17)23)5-6-20(13)9-12(10)18(15)22/h3-9H,1-2H3,(H2,21,22,23)/p+1. The smallest absolute Gasteiger partial charge is 0.223 e. The van der Waals surface area contributed by atoms with Crippen molar-refractivity contribution in [3.8, 4) is 28.7 Å². The van der Waals surface area contributed by atoms with Gasteiger partial charge in [-0.15, -0.1) is 0 Å². The van der Waals surface area contributed by atoms with E-state index in [2.05, 4.69) is 0 Å². The molecule has 2 aromatic carbocycles. The van der Waals surface area contributed by atoms with Crippen LogP contribution in [0.1, 0.15) is 0 Å². The predicted octanol–water partition coefficient (Wildman–Crippen LogP) is 2.87. The largest absolute Gasteiger partial charge is 0.504 e. The average Bonchev–Trinajstić information content (AvgIpc) is 2.63. The number of methoxy groups -OCH3 is 2. The molecule has 0 radical (unpaired) electrons. The average molecular weight is 338 g/mol. The molecule has 25 heavy (non-hydrogen) atoms. The summed E-state index contributed by atoms with van der Waals surface area (Å²) in [5.74, 6) is 0.425. The Morgan fingerprint density at radius 1 is 0.840 bits per heavy atom. The second kappa shape index (κ2) is 5.31. The van der Waals surface area contributed by atoms with Crippen molar-refractivity contribution in [2.45, 2.75) is 0 Å². The van der Waals surface area contributed by atoms with Crippen molar-refractivity contribution in [1.82, 2.24) is 0 Å². The molecule has 0 fully saturated rings. The number of pyridine rings is 2. The van der Waals surface area contributed by atoms with Gasteiger partial charge in [-0.2, -0.15) is 4.40 Å². The van der Waals surface area contributed by atoms with Gasteiger partial charge in [0, 0.05) is 23.6 Å². The van der Waals surface area contributed by atoms with Crippen molar-refractivity contribution in [1.29, 1.82) is 0 Å². The highest BCUT2D eigenvalue weighted by atomic mass is 16.5. The molecule has 0 aliphatic heterocycles. The lowest BCUT2D eigenvalue weighted by Crippen LogP contribution is -2.20. The SMILES string of the molecule is COc1ccc2cc3c4c(O)c(O)cc(OC)c4cc[n+]3cc2c1O. The summed E-state index contributed by atoms with van der Waals surface area (Å²) in [6.07, 6.45) is 3.55. The molecule has 4 aromatic rings. The minimum absolute atomic E-state index is 0.0483. The van der Waals surface area contributed by atoms with Crippen LogP contribution in [0.3, 0.4) is 0 Å². The second-order valence-corrected chi connectivity index (χ2v) is 5.74. The Hall–Kier alpha value is -3.41. The summed E-state index contributed by atoms with van der Waals surface area (Å²) in [7, 11) is 3.00. The molecular weight excluding hydrogens is 322 g/mol. The zero-order chi connectivity index (χ0) is 17.7. The molecule has 0 atom stereocenters. The molecule has 0 amide bonds. The first-order valence-electron chi connectivity index (χ1n) is 7.61. The van der Waals surface area contributed by atoms with Gasteiger partial charge < -0.3 is 24.8 Å². The van der Waals surface area contributed by atoms with Gasteiger partial charge in [0.15, 0.2) is 35.4 Å². The van der Waals surface area contributed by atoms with E-state index in [4.69, 9.17) is 9.47 Å². The minimum atomic E-state index is -0.255. The van der Waals surface area contributed by atoms with Gasteiger partial charge in [0.25, 0.3) is 0 Å². The fourth-order valence-electron chi connectivity index (χ4n) is 3.18. The van der Waals surface area contributed by atoms with Crippen LogP contribution in [0.25, 0.3) is 27.1 Å². The van der Waals surface area contributed by atoms with Crippen LogP contribution in [0.5, 0.6) is 28.7 Å². The molecule has 0 saturated heterocycles. The zero-order valence-corrected chi connectivity index (χ0v) is 13.6.